The Balaban J connectivity index is 2.16. The number of aryl methyl sites for hydroxylation is 2. The van der Waals surface area contributed by atoms with Gasteiger partial charge < -0.3 is 5.32 Å². The fourth-order valence-electron chi connectivity index (χ4n) is 2.34. The number of thiazole rings is 1. The Kier molecular flexibility index (Phi) is 4.72. The van der Waals surface area contributed by atoms with Crippen LogP contribution in [-0.4, -0.2) is 11.5 Å². The predicted octanol–water partition coefficient (Wildman–Crippen LogP) is 4.02. The molecule has 1 N–H and O–H groups in total. The molecule has 0 aliphatic rings. The fraction of sp³-hybridized carbons (Fsp3) is 0.438. The zero-order chi connectivity index (χ0) is 13.8. The minimum absolute atomic E-state index is 0.397. The molecule has 19 heavy (non-hydrogen) atoms. The first-order valence-corrected chi connectivity index (χ1v) is 7.67. The second-order valence-corrected chi connectivity index (χ2v) is 6.12. The molecule has 1 unspecified atom stereocenters. The molecule has 0 amide bonds. The van der Waals surface area contributed by atoms with E-state index in [0.29, 0.717) is 6.04 Å². The number of rotatable bonds is 5. The van der Waals surface area contributed by atoms with Gasteiger partial charge in [-0.15, -0.1) is 11.3 Å². The molecule has 1 aromatic carbocycles. The van der Waals surface area contributed by atoms with Crippen molar-refractivity contribution in [1.82, 2.24) is 10.3 Å². The number of benzene rings is 1. The first-order chi connectivity index (χ1) is 9.10. The number of hydrogen-bond acceptors (Lipinski definition) is 3. The summed E-state index contributed by atoms with van der Waals surface area (Å²) in [4.78, 5) is 6.08. The zero-order valence-corrected chi connectivity index (χ0v) is 13.0. The van der Waals surface area contributed by atoms with Crippen molar-refractivity contribution in [3.05, 3.63) is 51.0 Å². The lowest BCUT2D eigenvalue weighted by molar-refractivity contribution is 0.603. The summed E-state index contributed by atoms with van der Waals surface area (Å²) in [6.07, 6.45) is 0.937. The van der Waals surface area contributed by atoms with Crippen molar-refractivity contribution in [3.63, 3.8) is 0 Å². The summed E-state index contributed by atoms with van der Waals surface area (Å²) in [5, 5.41) is 4.67. The summed E-state index contributed by atoms with van der Waals surface area (Å²) in [6.45, 7) is 9.58. The lowest BCUT2D eigenvalue weighted by atomic mass is 10.1. The molecule has 102 valence electrons. The second kappa shape index (κ2) is 6.31. The molecule has 2 rings (SSSR count). The van der Waals surface area contributed by atoms with Gasteiger partial charge in [-0.25, -0.2) is 4.98 Å². The molecule has 1 aromatic heterocycles. The number of nitrogens with one attached hydrogen (secondary N) is 1. The van der Waals surface area contributed by atoms with E-state index in [4.69, 9.17) is 4.98 Å². The van der Waals surface area contributed by atoms with Crippen molar-refractivity contribution in [3.8, 4) is 0 Å². The Morgan fingerprint density at radius 3 is 2.79 bits per heavy atom. The van der Waals surface area contributed by atoms with Gasteiger partial charge in [0.1, 0.15) is 0 Å². The molecular weight excluding hydrogens is 252 g/mol. The first-order valence-electron chi connectivity index (χ1n) is 6.85. The average Bonchev–Trinajstić information content (AvgIpc) is 2.70. The Morgan fingerprint density at radius 1 is 1.32 bits per heavy atom. The Bertz CT molecular complexity index is 545. The van der Waals surface area contributed by atoms with Crippen molar-refractivity contribution in [1.29, 1.82) is 0 Å². The molecule has 0 aliphatic heterocycles. The topological polar surface area (TPSA) is 24.9 Å². The van der Waals surface area contributed by atoms with E-state index in [-0.39, 0.29) is 0 Å². The lowest BCUT2D eigenvalue weighted by Crippen LogP contribution is -2.17. The van der Waals surface area contributed by atoms with E-state index < -0.39 is 0 Å². The summed E-state index contributed by atoms with van der Waals surface area (Å²) in [7, 11) is 0. The monoisotopic (exact) mass is 274 g/mol. The highest BCUT2D eigenvalue weighted by Gasteiger charge is 2.13. The fourth-order valence-corrected chi connectivity index (χ4v) is 3.47. The van der Waals surface area contributed by atoms with Gasteiger partial charge in [-0.1, -0.05) is 36.8 Å². The molecule has 0 saturated heterocycles. The standard InChI is InChI=1S/C16H22N2S/c1-5-17-12(3)16-13(4)18-15(19-16)10-14-8-6-7-11(2)9-14/h6-9,12,17H,5,10H2,1-4H3. The SMILES string of the molecule is CCNC(C)c1sc(Cc2cccc(C)c2)nc1C. The first kappa shape index (κ1) is 14.2. The lowest BCUT2D eigenvalue weighted by Gasteiger charge is -2.09. The van der Waals surface area contributed by atoms with Gasteiger partial charge in [0.05, 0.1) is 10.7 Å². The molecule has 0 saturated carbocycles. The third kappa shape index (κ3) is 3.64. The number of hydrogen-bond donors (Lipinski definition) is 1. The molecule has 0 fully saturated rings. The maximum absolute atomic E-state index is 4.72. The van der Waals surface area contributed by atoms with Gasteiger partial charge >= 0.3 is 0 Å². The van der Waals surface area contributed by atoms with Crippen molar-refractivity contribution in [2.45, 2.75) is 40.2 Å². The third-order valence-corrected chi connectivity index (χ3v) is 4.56. The van der Waals surface area contributed by atoms with Crippen molar-refractivity contribution < 1.29 is 0 Å². The molecule has 2 aromatic rings. The highest BCUT2D eigenvalue weighted by atomic mass is 32.1. The molecule has 0 radical (unpaired) electrons. The van der Waals surface area contributed by atoms with Crippen LogP contribution >= 0.6 is 11.3 Å². The van der Waals surface area contributed by atoms with Gasteiger partial charge in [-0.2, -0.15) is 0 Å². The molecule has 2 nitrogen and oxygen atoms in total. The average molecular weight is 274 g/mol. The van der Waals surface area contributed by atoms with E-state index in [1.165, 1.54) is 26.7 Å². The maximum Gasteiger partial charge on any atom is 0.0975 e. The largest absolute Gasteiger partial charge is 0.310 e. The molecular formula is C16H22N2S. The van der Waals surface area contributed by atoms with E-state index in [0.717, 1.165) is 13.0 Å². The maximum atomic E-state index is 4.72. The van der Waals surface area contributed by atoms with Crippen molar-refractivity contribution >= 4 is 11.3 Å². The van der Waals surface area contributed by atoms with Crippen LogP contribution in [0.4, 0.5) is 0 Å². The summed E-state index contributed by atoms with van der Waals surface area (Å²) in [5.41, 5.74) is 3.82. The van der Waals surface area contributed by atoms with Crippen LogP contribution in [-0.2, 0) is 6.42 Å². The smallest absolute Gasteiger partial charge is 0.0975 e. The Hall–Kier alpha value is -1.19. The summed E-state index contributed by atoms with van der Waals surface area (Å²) < 4.78 is 0. The van der Waals surface area contributed by atoms with Gasteiger partial charge in [0.15, 0.2) is 0 Å². The minimum Gasteiger partial charge on any atom is -0.310 e. The molecule has 1 atom stereocenters. The molecule has 0 bridgehead atoms. The highest BCUT2D eigenvalue weighted by Crippen LogP contribution is 2.26. The number of aromatic nitrogens is 1. The van der Waals surface area contributed by atoms with E-state index in [9.17, 15) is 0 Å². The third-order valence-electron chi connectivity index (χ3n) is 3.22. The van der Waals surface area contributed by atoms with Crippen LogP contribution in [0.25, 0.3) is 0 Å². The van der Waals surface area contributed by atoms with Gasteiger partial charge in [0.25, 0.3) is 0 Å². The molecule has 0 aliphatic carbocycles. The quantitative estimate of drug-likeness (QED) is 0.890. The highest BCUT2D eigenvalue weighted by molar-refractivity contribution is 7.11. The molecule has 3 heteroatoms. The second-order valence-electron chi connectivity index (χ2n) is 5.00. The van der Waals surface area contributed by atoms with Gasteiger partial charge in [-0.3, -0.25) is 0 Å². The number of nitrogens with zero attached hydrogens (tertiary/aromatic N) is 1. The summed E-state index contributed by atoms with van der Waals surface area (Å²) in [6, 6.07) is 9.07. The van der Waals surface area contributed by atoms with E-state index >= 15 is 0 Å². The van der Waals surface area contributed by atoms with E-state index in [1.807, 2.05) is 11.3 Å². The van der Waals surface area contributed by atoms with Crippen LogP contribution in [0.5, 0.6) is 0 Å². The minimum atomic E-state index is 0.397. The predicted molar refractivity (Wildman–Crippen MR) is 82.9 cm³/mol. The van der Waals surface area contributed by atoms with Crippen molar-refractivity contribution in [2.24, 2.45) is 0 Å². The molecule has 0 spiro atoms. The van der Waals surface area contributed by atoms with E-state index in [1.54, 1.807) is 0 Å². The van der Waals surface area contributed by atoms with Crippen LogP contribution in [0.2, 0.25) is 0 Å². The van der Waals surface area contributed by atoms with Crippen LogP contribution in [0.1, 0.15) is 46.6 Å². The summed E-state index contributed by atoms with van der Waals surface area (Å²) in [5.74, 6) is 0. The Labute approximate surface area is 119 Å². The van der Waals surface area contributed by atoms with Gasteiger partial charge in [0.2, 0.25) is 0 Å². The van der Waals surface area contributed by atoms with Crippen LogP contribution in [0, 0.1) is 13.8 Å². The Morgan fingerprint density at radius 2 is 2.11 bits per heavy atom. The van der Waals surface area contributed by atoms with Gasteiger partial charge in [0, 0.05) is 17.3 Å². The van der Waals surface area contributed by atoms with Gasteiger partial charge in [-0.05, 0) is 32.9 Å². The normalized spacial score (nSPS) is 12.6. The van der Waals surface area contributed by atoms with E-state index in [2.05, 4.69) is 57.3 Å². The van der Waals surface area contributed by atoms with Crippen LogP contribution in [0.15, 0.2) is 24.3 Å². The summed E-state index contributed by atoms with van der Waals surface area (Å²) >= 11 is 1.83. The zero-order valence-electron chi connectivity index (χ0n) is 12.2. The van der Waals surface area contributed by atoms with Crippen LogP contribution in [0.3, 0.4) is 0 Å². The van der Waals surface area contributed by atoms with Crippen LogP contribution < -0.4 is 5.32 Å². The molecule has 1 heterocycles. The van der Waals surface area contributed by atoms with Crippen molar-refractivity contribution in [2.75, 3.05) is 6.54 Å².